The summed E-state index contributed by atoms with van der Waals surface area (Å²) in [5.74, 6) is -0.288. The summed E-state index contributed by atoms with van der Waals surface area (Å²) >= 11 is 0. The number of nitrogens with zero attached hydrogens (tertiary/aromatic N) is 2. The largest absolute Gasteiger partial charge is 0.348 e. The number of hydrogen-bond donors (Lipinski definition) is 2. The number of nitrogens with one attached hydrogen (secondary N) is 2. The maximum Gasteiger partial charge on any atom is 0.251 e. The maximum absolute atomic E-state index is 12.1. The minimum absolute atomic E-state index is 0.0348. The molecule has 0 saturated carbocycles. The van der Waals surface area contributed by atoms with Crippen molar-refractivity contribution >= 4 is 17.5 Å². The van der Waals surface area contributed by atoms with Gasteiger partial charge in [-0.1, -0.05) is 0 Å². The fraction of sp³-hybridized carbons (Fsp3) is 0.267. The third kappa shape index (κ3) is 4.45. The van der Waals surface area contributed by atoms with Gasteiger partial charge in [0.15, 0.2) is 0 Å². The Labute approximate surface area is 123 Å². The molecule has 1 heterocycles. The van der Waals surface area contributed by atoms with E-state index in [1.54, 1.807) is 35.1 Å². The van der Waals surface area contributed by atoms with E-state index >= 15 is 0 Å². The van der Waals surface area contributed by atoms with Crippen molar-refractivity contribution in [3.05, 3.63) is 48.3 Å². The fourth-order valence-electron chi connectivity index (χ4n) is 1.95. The third-order valence-electron chi connectivity index (χ3n) is 2.87. The molecular formula is C15H18N4O2. The van der Waals surface area contributed by atoms with Gasteiger partial charge in [-0.3, -0.25) is 14.3 Å². The highest BCUT2D eigenvalue weighted by molar-refractivity contribution is 5.95. The summed E-state index contributed by atoms with van der Waals surface area (Å²) in [4.78, 5) is 23.0. The lowest BCUT2D eigenvalue weighted by Gasteiger charge is -2.14. The maximum atomic E-state index is 12.1. The highest BCUT2D eigenvalue weighted by Crippen LogP contribution is 2.09. The van der Waals surface area contributed by atoms with E-state index in [9.17, 15) is 9.59 Å². The number of aromatic nitrogens is 2. The van der Waals surface area contributed by atoms with Gasteiger partial charge < -0.3 is 10.6 Å². The van der Waals surface area contributed by atoms with Crippen molar-refractivity contribution in [3.8, 4) is 0 Å². The zero-order valence-electron chi connectivity index (χ0n) is 12.0. The lowest BCUT2D eigenvalue weighted by molar-refractivity contribution is -0.114. The van der Waals surface area contributed by atoms with Crippen molar-refractivity contribution in [2.75, 3.05) is 5.32 Å². The van der Waals surface area contributed by atoms with Crippen molar-refractivity contribution in [1.82, 2.24) is 15.1 Å². The number of carbonyl (C=O) groups is 2. The Morgan fingerprint density at radius 3 is 2.57 bits per heavy atom. The summed E-state index contributed by atoms with van der Waals surface area (Å²) in [6, 6.07) is 8.58. The molecule has 1 aromatic carbocycles. The first-order valence-corrected chi connectivity index (χ1v) is 6.70. The molecule has 0 aliphatic rings. The number of carbonyl (C=O) groups excluding carboxylic acids is 2. The summed E-state index contributed by atoms with van der Waals surface area (Å²) < 4.78 is 1.77. The molecule has 0 aliphatic carbocycles. The van der Waals surface area contributed by atoms with Crippen LogP contribution in [0.15, 0.2) is 42.7 Å². The van der Waals surface area contributed by atoms with Crippen LogP contribution in [0.5, 0.6) is 0 Å². The number of rotatable bonds is 5. The summed E-state index contributed by atoms with van der Waals surface area (Å²) in [5, 5.41) is 9.67. The van der Waals surface area contributed by atoms with Gasteiger partial charge in [-0.15, -0.1) is 0 Å². The van der Waals surface area contributed by atoms with Crippen molar-refractivity contribution in [3.63, 3.8) is 0 Å². The topological polar surface area (TPSA) is 76.0 Å². The highest BCUT2D eigenvalue weighted by atomic mass is 16.2. The van der Waals surface area contributed by atoms with E-state index < -0.39 is 0 Å². The monoisotopic (exact) mass is 286 g/mol. The van der Waals surface area contributed by atoms with Gasteiger partial charge in [0, 0.05) is 36.6 Å². The number of hydrogen-bond acceptors (Lipinski definition) is 3. The quantitative estimate of drug-likeness (QED) is 0.877. The van der Waals surface area contributed by atoms with Crippen LogP contribution in [-0.2, 0) is 11.3 Å². The predicted octanol–water partition coefficient (Wildman–Crippen LogP) is 1.66. The lowest BCUT2D eigenvalue weighted by atomic mass is 10.2. The van der Waals surface area contributed by atoms with E-state index in [1.807, 2.05) is 19.2 Å². The Hall–Kier alpha value is -2.63. The molecule has 21 heavy (non-hydrogen) atoms. The molecular weight excluding hydrogens is 268 g/mol. The molecule has 1 atom stereocenters. The Bertz CT molecular complexity index is 605. The molecule has 0 aliphatic heterocycles. The average molecular weight is 286 g/mol. The third-order valence-corrected chi connectivity index (χ3v) is 2.87. The van der Waals surface area contributed by atoms with Crippen LogP contribution in [-0.4, -0.2) is 27.6 Å². The standard InChI is InChI=1S/C15H18N4O2/c1-11(10-19-9-3-8-16-19)17-15(21)13-4-6-14(7-5-13)18-12(2)20/h3-9,11H,10H2,1-2H3,(H,17,21)(H,18,20). The van der Waals surface area contributed by atoms with Gasteiger partial charge >= 0.3 is 0 Å². The Morgan fingerprint density at radius 2 is 2.00 bits per heavy atom. The van der Waals surface area contributed by atoms with E-state index in [0.29, 0.717) is 17.8 Å². The van der Waals surface area contributed by atoms with Gasteiger partial charge in [-0.2, -0.15) is 5.10 Å². The van der Waals surface area contributed by atoms with Crippen molar-refractivity contribution in [2.24, 2.45) is 0 Å². The normalized spacial score (nSPS) is 11.7. The summed E-state index contributed by atoms with van der Waals surface area (Å²) in [7, 11) is 0. The second kappa shape index (κ2) is 6.69. The summed E-state index contributed by atoms with van der Waals surface area (Å²) in [6.45, 7) is 3.98. The molecule has 2 aromatic rings. The molecule has 2 amide bonds. The van der Waals surface area contributed by atoms with Gasteiger partial charge in [-0.05, 0) is 37.3 Å². The fourth-order valence-corrected chi connectivity index (χ4v) is 1.95. The zero-order valence-corrected chi connectivity index (χ0v) is 12.0. The van der Waals surface area contributed by atoms with E-state index in [1.165, 1.54) is 6.92 Å². The molecule has 2 rings (SSSR count). The zero-order chi connectivity index (χ0) is 15.2. The SMILES string of the molecule is CC(=O)Nc1ccc(C(=O)NC(C)Cn2cccn2)cc1. The van der Waals surface area contributed by atoms with E-state index in [4.69, 9.17) is 0 Å². The van der Waals surface area contributed by atoms with Crippen LogP contribution in [0.25, 0.3) is 0 Å². The van der Waals surface area contributed by atoms with Crippen LogP contribution in [0.4, 0.5) is 5.69 Å². The van der Waals surface area contributed by atoms with Crippen LogP contribution in [0.2, 0.25) is 0 Å². The second-order valence-electron chi connectivity index (χ2n) is 4.86. The first kappa shape index (κ1) is 14.8. The molecule has 0 radical (unpaired) electrons. The number of amides is 2. The van der Waals surface area contributed by atoms with Crippen molar-refractivity contribution in [1.29, 1.82) is 0 Å². The molecule has 0 saturated heterocycles. The molecule has 6 nitrogen and oxygen atoms in total. The molecule has 110 valence electrons. The molecule has 2 N–H and O–H groups in total. The first-order valence-electron chi connectivity index (χ1n) is 6.70. The van der Waals surface area contributed by atoms with Crippen LogP contribution in [0, 0.1) is 0 Å². The van der Waals surface area contributed by atoms with Crippen LogP contribution >= 0.6 is 0 Å². The summed E-state index contributed by atoms with van der Waals surface area (Å²) in [5.41, 5.74) is 1.22. The van der Waals surface area contributed by atoms with Gasteiger partial charge in [0.05, 0.1) is 6.54 Å². The first-order chi connectivity index (χ1) is 10.0. The van der Waals surface area contributed by atoms with Gasteiger partial charge in [0.1, 0.15) is 0 Å². The second-order valence-corrected chi connectivity index (χ2v) is 4.86. The lowest BCUT2D eigenvalue weighted by Crippen LogP contribution is -2.35. The average Bonchev–Trinajstić information content (AvgIpc) is 2.91. The molecule has 1 unspecified atom stereocenters. The molecule has 1 aromatic heterocycles. The minimum atomic E-state index is -0.149. The molecule has 6 heteroatoms. The van der Waals surface area contributed by atoms with Gasteiger partial charge in [0.25, 0.3) is 5.91 Å². The van der Waals surface area contributed by atoms with Crippen molar-refractivity contribution < 1.29 is 9.59 Å². The van der Waals surface area contributed by atoms with Crippen LogP contribution < -0.4 is 10.6 Å². The Morgan fingerprint density at radius 1 is 1.29 bits per heavy atom. The Kier molecular flexibility index (Phi) is 4.71. The van der Waals surface area contributed by atoms with Crippen LogP contribution in [0.1, 0.15) is 24.2 Å². The minimum Gasteiger partial charge on any atom is -0.348 e. The van der Waals surface area contributed by atoms with Crippen LogP contribution in [0.3, 0.4) is 0 Å². The number of benzene rings is 1. The summed E-state index contributed by atoms with van der Waals surface area (Å²) in [6.07, 6.45) is 3.56. The molecule has 0 bridgehead atoms. The van der Waals surface area contributed by atoms with E-state index in [0.717, 1.165) is 0 Å². The molecule has 0 fully saturated rings. The predicted molar refractivity (Wildman–Crippen MR) is 79.9 cm³/mol. The Balaban J connectivity index is 1.91. The smallest absolute Gasteiger partial charge is 0.251 e. The van der Waals surface area contributed by atoms with Gasteiger partial charge in [-0.25, -0.2) is 0 Å². The molecule has 0 spiro atoms. The van der Waals surface area contributed by atoms with E-state index in [2.05, 4.69) is 15.7 Å². The van der Waals surface area contributed by atoms with Gasteiger partial charge in [0.2, 0.25) is 5.91 Å². The highest BCUT2D eigenvalue weighted by Gasteiger charge is 2.10. The van der Waals surface area contributed by atoms with E-state index in [-0.39, 0.29) is 17.9 Å². The number of anilines is 1. The van der Waals surface area contributed by atoms with Crippen molar-refractivity contribution in [2.45, 2.75) is 26.4 Å².